The molecular formula is C13H10ClN3O. The van der Waals surface area contributed by atoms with Gasteiger partial charge in [0.2, 0.25) is 0 Å². The molecule has 18 heavy (non-hydrogen) atoms. The zero-order chi connectivity index (χ0) is 13.1. The Morgan fingerprint density at radius 1 is 1.33 bits per heavy atom. The second-order valence-corrected chi connectivity index (χ2v) is 4.12. The lowest BCUT2D eigenvalue weighted by atomic mass is 10.1. The summed E-state index contributed by atoms with van der Waals surface area (Å²) in [5.74, 6) is 0.200. The van der Waals surface area contributed by atoms with Crippen LogP contribution in [-0.4, -0.2) is 10.1 Å². The average molecular weight is 260 g/mol. The van der Waals surface area contributed by atoms with Gasteiger partial charge in [0, 0.05) is 11.9 Å². The van der Waals surface area contributed by atoms with E-state index in [0.29, 0.717) is 11.3 Å². The monoisotopic (exact) mass is 259 g/mol. The Morgan fingerprint density at radius 2 is 2.11 bits per heavy atom. The van der Waals surface area contributed by atoms with Gasteiger partial charge in [0.05, 0.1) is 5.69 Å². The Bertz CT molecular complexity index is 635. The number of benzene rings is 1. The highest BCUT2D eigenvalue weighted by Crippen LogP contribution is 2.27. The third kappa shape index (κ3) is 2.36. The molecule has 0 radical (unpaired) electrons. The number of aryl methyl sites for hydroxylation is 1. The minimum atomic E-state index is 0.166. The molecular weight excluding hydrogens is 250 g/mol. The molecule has 1 heterocycles. The number of pyridine rings is 1. The first-order valence-corrected chi connectivity index (χ1v) is 5.61. The zero-order valence-corrected chi connectivity index (χ0v) is 10.4. The molecule has 5 heteroatoms. The van der Waals surface area contributed by atoms with E-state index in [1.807, 2.05) is 13.0 Å². The van der Waals surface area contributed by atoms with Crippen LogP contribution < -0.4 is 5.32 Å². The summed E-state index contributed by atoms with van der Waals surface area (Å²) in [4.78, 5) is 3.85. The van der Waals surface area contributed by atoms with Gasteiger partial charge < -0.3 is 10.4 Å². The first kappa shape index (κ1) is 12.2. The summed E-state index contributed by atoms with van der Waals surface area (Å²) in [7, 11) is 0. The summed E-state index contributed by atoms with van der Waals surface area (Å²) in [5.41, 5.74) is 2.55. The van der Waals surface area contributed by atoms with Gasteiger partial charge in [-0.05, 0) is 36.8 Å². The fraction of sp³-hybridized carbons (Fsp3) is 0.0769. The molecule has 0 amide bonds. The van der Waals surface area contributed by atoms with E-state index >= 15 is 0 Å². The van der Waals surface area contributed by atoms with Gasteiger partial charge >= 0.3 is 0 Å². The molecule has 1 aromatic heterocycles. The van der Waals surface area contributed by atoms with Crippen LogP contribution in [0, 0.1) is 18.3 Å². The molecule has 0 aliphatic rings. The average Bonchev–Trinajstić information content (AvgIpc) is 2.33. The molecule has 90 valence electrons. The van der Waals surface area contributed by atoms with E-state index in [2.05, 4.69) is 10.3 Å². The molecule has 0 bridgehead atoms. The van der Waals surface area contributed by atoms with Crippen molar-refractivity contribution in [1.82, 2.24) is 4.98 Å². The highest BCUT2D eigenvalue weighted by Gasteiger charge is 2.08. The number of halogens is 1. The summed E-state index contributed by atoms with van der Waals surface area (Å²) in [6, 6.07) is 8.63. The molecule has 0 saturated heterocycles. The van der Waals surface area contributed by atoms with Crippen LogP contribution in [0.5, 0.6) is 5.75 Å². The topological polar surface area (TPSA) is 68.9 Å². The molecule has 0 atom stereocenters. The predicted molar refractivity (Wildman–Crippen MR) is 70.1 cm³/mol. The molecule has 0 saturated carbocycles. The second-order valence-electron chi connectivity index (χ2n) is 3.76. The summed E-state index contributed by atoms with van der Waals surface area (Å²) < 4.78 is 0. The number of nitriles is 1. The number of anilines is 2. The summed E-state index contributed by atoms with van der Waals surface area (Å²) >= 11 is 5.85. The fourth-order valence-corrected chi connectivity index (χ4v) is 1.78. The molecule has 0 unspecified atom stereocenters. The number of hydrogen-bond acceptors (Lipinski definition) is 4. The molecule has 4 nitrogen and oxygen atoms in total. The lowest BCUT2D eigenvalue weighted by Gasteiger charge is -2.11. The quantitative estimate of drug-likeness (QED) is 0.641. The van der Waals surface area contributed by atoms with Gasteiger partial charge in [0.1, 0.15) is 22.5 Å². The Hall–Kier alpha value is -2.25. The second kappa shape index (κ2) is 4.94. The van der Waals surface area contributed by atoms with Gasteiger partial charge in [-0.3, -0.25) is 0 Å². The third-order valence-corrected chi connectivity index (χ3v) is 2.78. The first-order chi connectivity index (χ1) is 8.61. The highest BCUT2D eigenvalue weighted by atomic mass is 35.5. The third-order valence-electron chi connectivity index (χ3n) is 2.50. The molecule has 0 fully saturated rings. The van der Waals surface area contributed by atoms with E-state index in [1.165, 1.54) is 6.20 Å². The van der Waals surface area contributed by atoms with Crippen LogP contribution in [0.3, 0.4) is 0 Å². The van der Waals surface area contributed by atoms with Gasteiger partial charge in [-0.15, -0.1) is 0 Å². The molecule has 1 aromatic carbocycles. The van der Waals surface area contributed by atoms with Crippen molar-refractivity contribution in [3.05, 3.63) is 46.7 Å². The van der Waals surface area contributed by atoms with Crippen LogP contribution in [0.1, 0.15) is 11.1 Å². The van der Waals surface area contributed by atoms with E-state index in [0.717, 1.165) is 11.3 Å². The number of aromatic hydroxyl groups is 1. The van der Waals surface area contributed by atoms with Crippen LogP contribution in [-0.2, 0) is 0 Å². The normalized spacial score (nSPS) is 9.83. The summed E-state index contributed by atoms with van der Waals surface area (Å²) in [6.45, 7) is 1.86. The molecule has 2 aromatic rings. The van der Waals surface area contributed by atoms with Crippen molar-refractivity contribution >= 4 is 23.0 Å². The van der Waals surface area contributed by atoms with Crippen LogP contribution >= 0.6 is 11.6 Å². The number of nitrogens with zero attached hydrogens (tertiary/aromatic N) is 2. The number of rotatable bonds is 2. The van der Waals surface area contributed by atoms with Crippen molar-refractivity contribution in [2.75, 3.05) is 5.32 Å². The van der Waals surface area contributed by atoms with E-state index in [9.17, 15) is 5.11 Å². The molecule has 0 spiro atoms. The number of nitrogens with one attached hydrogen (secondary N) is 1. The van der Waals surface area contributed by atoms with Crippen molar-refractivity contribution in [1.29, 1.82) is 5.26 Å². The largest absolute Gasteiger partial charge is 0.508 e. The van der Waals surface area contributed by atoms with Gasteiger partial charge in [0.15, 0.2) is 0 Å². The van der Waals surface area contributed by atoms with Crippen molar-refractivity contribution in [3.63, 3.8) is 0 Å². The van der Waals surface area contributed by atoms with Crippen molar-refractivity contribution in [2.45, 2.75) is 6.92 Å². The van der Waals surface area contributed by atoms with E-state index in [4.69, 9.17) is 16.9 Å². The number of aromatic nitrogens is 1. The highest BCUT2D eigenvalue weighted by molar-refractivity contribution is 6.30. The van der Waals surface area contributed by atoms with Gasteiger partial charge in [-0.2, -0.15) is 5.26 Å². The lowest BCUT2D eigenvalue weighted by Crippen LogP contribution is -1.97. The van der Waals surface area contributed by atoms with Crippen LogP contribution in [0.2, 0.25) is 5.15 Å². The van der Waals surface area contributed by atoms with Gasteiger partial charge in [-0.1, -0.05) is 11.6 Å². The van der Waals surface area contributed by atoms with E-state index in [-0.39, 0.29) is 10.9 Å². The molecule has 2 rings (SSSR count). The number of phenols is 1. The standard InChI is InChI=1S/C13H10ClN3O/c1-8-6-9(18)2-3-11(8)17-12-4-5-16-13(14)10(12)7-15/h2-6,18H,1H3,(H,16,17). The number of phenolic OH excluding ortho intramolecular Hbond substituents is 1. The SMILES string of the molecule is Cc1cc(O)ccc1Nc1ccnc(Cl)c1C#N. The fourth-order valence-electron chi connectivity index (χ4n) is 1.58. The molecule has 0 aliphatic heterocycles. The zero-order valence-electron chi connectivity index (χ0n) is 9.61. The smallest absolute Gasteiger partial charge is 0.148 e. The van der Waals surface area contributed by atoms with Crippen molar-refractivity contribution < 1.29 is 5.11 Å². The molecule has 2 N–H and O–H groups in total. The summed E-state index contributed by atoms with van der Waals surface area (Å²) in [5, 5.41) is 21.6. The minimum absolute atomic E-state index is 0.166. The maximum absolute atomic E-state index is 9.34. The van der Waals surface area contributed by atoms with Crippen molar-refractivity contribution in [2.24, 2.45) is 0 Å². The molecule has 0 aliphatic carbocycles. The summed E-state index contributed by atoms with van der Waals surface area (Å²) in [6.07, 6.45) is 1.53. The minimum Gasteiger partial charge on any atom is -0.508 e. The first-order valence-electron chi connectivity index (χ1n) is 5.23. The lowest BCUT2D eigenvalue weighted by molar-refractivity contribution is 0.475. The van der Waals surface area contributed by atoms with E-state index in [1.54, 1.807) is 24.3 Å². The Labute approximate surface area is 109 Å². The number of hydrogen-bond donors (Lipinski definition) is 2. The van der Waals surface area contributed by atoms with Crippen molar-refractivity contribution in [3.8, 4) is 11.8 Å². The van der Waals surface area contributed by atoms with Crippen LogP contribution in [0.15, 0.2) is 30.5 Å². The van der Waals surface area contributed by atoms with E-state index < -0.39 is 0 Å². The Kier molecular flexibility index (Phi) is 3.35. The predicted octanol–water partition coefficient (Wildman–Crippen LogP) is 3.36. The van der Waals surface area contributed by atoms with Crippen LogP contribution in [0.25, 0.3) is 0 Å². The van der Waals surface area contributed by atoms with Gasteiger partial charge in [-0.25, -0.2) is 4.98 Å². The Balaban J connectivity index is 2.41. The Morgan fingerprint density at radius 3 is 2.78 bits per heavy atom. The maximum atomic E-state index is 9.34. The maximum Gasteiger partial charge on any atom is 0.148 e. The van der Waals surface area contributed by atoms with Gasteiger partial charge in [0.25, 0.3) is 0 Å². The van der Waals surface area contributed by atoms with Crippen LogP contribution in [0.4, 0.5) is 11.4 Å².